The Balaban J connectivity index is 1.85. The van der Waals surface area contributed by atoms with E-state index in [9.17, 15) is 4.79 Å². The Labute approximate surface area is 147 Å². The summed E-state index contributed by atoms with van der Waals surface area (Å²) in [6.45, 7) is 8.08. The number of aryl methyl sites for hydroxylation is 2. The second-order valence-electron chi connectivity index (χ2n) is 6.94. The maximum absolute atomic E-state index is 13.1. The number of aromatic nitrogens is 2. The van der Waals surface area contributed by atoms with Gasteiger partial charge < -0.3 is 9.47 Å². The largest absolute Gasteiger partial charge is 0.343 e. The number of hydrogen-bond donors (Lipinski definition) is 0. The molecule has 4 rings (SSSR count). The number of rotatable bonds is 3. The number of carbonyl (C=O) groups is 1. The standard InChI is InChI=1S/C20H24N2O3/c1-4-22-12-15(11-21-22)19(23)17-10-13(2)16-6-5-7-20(18(16)14(17)3)24-8-9-25-20/h10-12H,4-9H2,1-3H3. The van der Waals surface area contributed by atoms with Crippen molar-refractivity contribution >= 4 is 5.78 Å². The van der Waals surface area contributed by atoms with Crippen LogP contribution >= 0.6 is 0 Å². The van der Waals surface area contributed by atoms with E-state index < -0.39 is 5.79 Å². The minimum Gasteiger partial charge on any atom is -0.343 e. The number of ether oxygens (including phenoxy) is 2. The number of carbonyl (C=O) groups excluding carboxylic acids is 1. The minimum atomic E-state index is -0.660. The van der Waals surface area contributed by atoms with Gasteiger partial charge in [-0.05, 0) is 56.4 Å². The van der Waals surface area contributed by atoms with Crippen LogP contribution in [-0.2, 0) is 28.2 Å². The van der Waals surface area contributed by atoms with Gasteiger partial charge in [0.2, 0.25) is 0 Å². The summed E-state index contributed by atoms with van der Waals surface area (Å²) in [6, 6.07) is 2.02. The molecule has 5 heteroatoms. The Kier molecular flexibility index (Phi) is 4.01. The van der Waals surface area contributed by atoms with E-state index in [1.165, 1.54) is 5.56 Å². The molecule has 1 spiro atoms. The van der Waals surface area contributed by atoms with Crippen molar-refractivity contribution in [3.63, 3.8) is 0 Å². The molecule has 5 nitrogen and oxygen atoms in total. The molecule has 1 saturated heterocycles. The zero-order chi connectivity index (χ0) is 17.6. The highest BCUT2D eigenvalue weighted by Crippen LogP contribution is 2.45. The summed E-state index contributed by atoms with van der Waals surface area (Å²) in [7, 11) is 0. The number of hydrogen-bond acceptors (Lipinski definition) is 4. The molecular weight excluding hydrogens is 316 g/mol. The van der Waals surface area contributed by atoms with Crippen molar-refractivity contribution in [3.8, 4) is 0 Å². The Hall–Kier alpha value is -1.98. The zero-order valence-corrected chi connectivity index (χ0v) is 15.1. The summed E-state index contributed by atoms with van der Waals surface area (Å²) >= 11 is 0. The first-order chi connectivity index (χ1) is 12.1. The third kappa shape index (κ3) is 2.53. The summed E-state index contributed by atoms with van der Waals surface area (Å²) in [6.07, 6.45) is 6.38. The molecule has 1 aromatic carbocycles. The predicted octanol–water partition coefficient (Wildman–Crippen LogP) is 3.29. The van der Waals surface area contributed by atoms with Gasteiger partial charge in [-0.25, -0.2) is 0 Å². The molecule has 0 bridgehead atoms. The van der Waals surface area contributed by atoms with E-state index >= 15 is 0 Å². The molecule has 2 heterocycles. The lowest BCUT2D eigenvalue weighted by Crippen LogP contribution is -2.34. The van der Waals surface area contributed by atoms with Crippen molar-refractivity contribution in [1.29, 1.82) is 0 Å². The lowest BCUT2D eigenvalue weighted by atomic mass is 9.79. The fourth-order valence-corrected chi connectivity index (χ4v) is 4.22. The Bertz CT molecular complexity index is 832. The highest BCUT2D eigenvalue weighted by molar-refractivity contribution is 6.10. The topological polar surface area (TPSA) is 53.4 Å². The summed E-state index contributed by atoms with van der Waals surface area (Å²) in [5, 5.41) is 4.24. The maximum atomic E-state index is 13.1. The molecule has 1 fully saturated rings. The van der Waals surface area contributed by atoms with Gasteiger partial charge in [0.05, 0.1) is 25.0 Å². The van der Waals surface area contributed by atoms with Crippen molar-refractivity contribution in [2.45, 2.75) is 52.4 Å². The first-order valence-electron chi connectivity index (χ1n) is 9.04. The number of benzene rings is 1. The quantitative estimate of drug-likeness (QED) is 0.805. The van der Waals surface area contributed by atoms with E-state index in [-0.39, 0.29) is 5.78 Å². The van der Waals surface area contributed by atoms with Gasteiger partial charge in [-0.1, -0.05) is 0 Å². The van der Waals surface area contributed by atoms with Crippen LogP contribution in [-0.4, -0.2) is 28.8 Å². The molecule has 0 amide bonds. The minimum absolute atomic E-state index is 0.0156. The molecule has 132 valence electrons. The van der Waals surface area contributed by atoms with Crippen LogP contribution < -0.4 is 0 Å². The van der Waals surface area contributed by atoms with Crippen molar-refractivity contribution in [3.05, 3.63) is 51.8 Å². The van der Waals surface area contributed by atoms with Crippen molar-refractivity contribution < 1.29 is 14.3 Å². The summed E-state index contributed by atoms with van der Waals surface area (Å²) in [5.74, 6) is -0.645. The van der Waals surface area contributed by atoms with Gasteiger partial charge in [0.15, 0.2) is 11.6 Å². The van der Waals surface area contributed by atoms with E-state index in [1.54, 1.807) is 10.9 Å². The molecule has 0 radical (unpaired) electrons. The summed E-state index contributed by atoms with van der Waals surface area (Å²) in [4.78, 5) is 13.1. The predicted molar refractivity (Wildman–Crippen MR) is 93.8 cm³/mol. The third-order valence-corrected chi connectivity index (χ3v) is 5.45. The van der Waals surface area contributed by atoms with Crippen LogP contribution in [0.5, 0.6) is 0 Å². The van der Waals surface area contributed by atoms with Gasteiger partial charge >= 0.3 is 0 Å². The van der Waals surface area contributed by atoms with Crippen LogP contribution in [0.2, 0.25) is 0 Å². The average molecular weight is 340 g/mol. The van der Waals surface area contributed by atoms with Gasteiger partial charge in [0.25, 0.3) is 0 Å². The monoisotopic (exact) mass is 340 g/mol. The first kappa shape index (κ1) is 16.5. The molecule has 0 atom stereocenters. The summed E-state index contributed by atoms with van der Waals surface area (Å²) < 4.78 is 13.9. The molecule has 0 saturated carbocycles. The molecule has 25 heavy (non-hydrogen) atoms. The fraction of sp³-hybridized carbons (Fsp3) is 0.500. The van der Waals surface area contributed by atoms with Gasteiger partial charge in [-0.15, -0.1) is 0 Å². The van der Waals surface area contributed by atoms with Crippen molar-refractivity contribution in [1.82, 2.24) is 9.78 Å². The number of fused-ring (bicyclic) bond motifs is 2. The zero-order valence-electron chi connectivity index (χ0n) is 15.1. The van der Waals surface area contributed by atoms with Gasteiger partial charge in [0, 0.05) is 30.3 Å². The van der Waals surface area contributed by atoms with Crippen molar-refractivity contribution in [2.75, 3.05) is 13.2 Å². The number of nitrogens with zero attached hydrogens (tertiary/aromatic N) is 2. The lowest BCUT2D eigenvalue weighted by Gasteiger charge is -2.36. The van der Waals surface area contributed by atoms with E-state index in [1.807, 2.05) is 26.1 Å². The maximum Gasteiger partial charge on any atom is 0.196 e. The van der Waals surface area contributed by atoms with Gasteiger partial charge in [-0.2, -0.15) is 5.10 Å². The lowest BCUT2D eigenvalue weighted by molar-refractivity contribution is -0.175. The van der Waals surface area contributed by atoms with Crippen molar-refractivity contribution in [2.24, 2.45) is 0 Å². The molecule has 0 unspecified atom stereocenters. The van der Waals surface area contributed by atoms with Crippen LogP contribution in [0.15, 0.2) is 18.5 Å². The Morgan fingerprint density at radius 2 is 2.08 bits per heavy atom. The third-order valence-electron chi connectivity index (χ3n) is 5.45. The Morgan fingerprint density at radius 1 is 1.32 bits per heavy atom. The van der Waals surface area contributed by atoms with E-state index in [0.29, 0.717) is 18.8 Å². The van der Waals surface area contributed by atoms with Crippen LogP contribution in [0.4, 0.5) is 0 Å². The second-order valence-corrected chi connectivity index (χ2v) is 6.94. The fourth-order valence-electron chi connectivity index (χ4n) is 4.22. The molecule has 1 aliphatic heterocycles. The van der Waals surface area contributed by atoms with Crippen LogP contribution in [0.3, 0.4) is 0 Å². The number of ketones is 1. The van der Waals surface area contributed by atoms with E-state index in [4.69, 9.17) is 9.47 Å². The molecule has 1 aromatic heterocycles. The Morgan fingerprint density at radius 3 is 2.76 bits per heavy atom. The molecule has 1 aliphatic carbocycles. The molecule has 2 aromatic rings. The highest BCUT2D eigenvalue weighted by atomic mass is 16.7. The van der Waals surface area contributed by atoms with Crippen LogP contribution in [0.25, 0.3) is 0 Å². The van der Waals surface area contributed by atoms with Gasteiger partial charge in [0.1, 0.15) is 0 Å². The SMILES string of the molecule is CCn1cc(C(=O)c2cc(C)c3c(c2C)C2(CCC3)OCCO2)cn1. The summed E-state index contributed by atoms with van der Waals surface area (Å²) in [5.41, 5.74) is 5.85. The molecular formula is C20H24N2O3. The first-order valence-corrected chi connectivity index (χ1v) is 9.04. The van der Waals surface area contributed by atoms with Gasteiger partial charge in [-0.3, -0.25) is 9.48 Å². The van der Waals surface area contributed by atoms with E-state index in [0.717, 1.165) is 48.1 Å². The smallest absolute Gasteiger partial charge is 0.196 e. The van der Waals surface area contributed by atoms with E-state index in [2.05, 4.69) is 12.0 Å². The normalized spacial score (nSPS) is 18.5. The van der Waals surface area contributed by atoms with Crippen LogP contribution in [0, 0.1) is 13.8 Å². The van der Waals surface area contributed by atoms with Crippen LogP contribution in [0.1, 0.15) is 57.9 Å². The molecule has 2 aliphatic rings. The average Bonchev–Trinajstić information content (AvgIpc) is 3.27. The highest BCUT2D eigenvalue weighted by Gasteiger charge is 2.44. The second kappa shape index (κ2) is 6.07. The molecule has 0 N–H and O–H groups in total.